The number of carbonyl (C=O) groups is 1. The second kappa shape index (κ2) is 8.34. The fraction of sp³-hybridized carbons (Fsp3) is 0.238. The zero-order chi connectivity index (χ0) is 22.0. The Balaban J connectivity index is 1.73. The fourth-order valence-electron chi connectivity index (χ4n) is 3.49. The third kappa shape index (κ3) is 3.75. The van der Waals surface area contributed by atoms with E-state index < -0.39 is 6.04 Å². The van der Waals surface area contributed by atoms with Crippen LogP contribution >= 0.6 is 0 Å². The first kappa shape index (κ1) is 20.2. The highest BCUT2D eigenvalue weighted by Gasteiger charge is 2.34. The van der Waals surface area contributed by atoms with Crippen molar-refractivity contribution >= 4 is 17.5 Å². The smallest absolute Gasteiger partial charge is 0.255 e. The van der Waals surface area contributed by atoms with E-state index in [-0.39, 0.29) is 5.91 Å². The van der Waals surface area contributed by atoms with E-state index in [4.69, 9.17) is 14.2 Å². The summed E-state index contributed by atoms with van der Waals surface area (Å²) in [6.07, 6.45) is 0. The Morgan fingerprint density at radius 3 is 2.42 bits per heavy atom. The Labute approximate surface area is 178 Å². The Hall–Kier alpha value is -4.08. The van der Waals surface area contributed by atoms with Crippen LogP contribution in [0.5, 0.6) is 17.2 Å². The molecule has 0 bridgehead atoms. The molecule has 1 aliphatic rings. The van der Waals surface area contributed by atoms with Crippen molar-refractivity contribution in [2.75, 3.05) is 32.0 Å². The van der Waals surface area contributed by atoms with E-state index in [1.807, 2.05) is 31.2 Å². The number of carbonyl (C=O) groups excluding carboxylic acids is 1. The van der Waals surface area contributed by atoms with E-state index in [0.29, 0.717) is 40.2 Å². The van der Waals surface area contributed by atoms with Gasteiger partial charge < -0.3 is 24.8 Å². The summed E-state index contributed by atoms with van der Waals surface area (Å²) in [5.41, 5.74) is 2.47. The van der Waals surface area contributed by atoms with Crippen LogP contribution in [-0.4, -0.2) is 47.4 Å². The highest BCUT2D eigenvalue weighted by molar-refractivity contribution is 6.06. The van der Waals surface area contributed by atoms with Crippen molar-refractivity contribution in [3.8, 4) is 17.2 Å². The molecule has 1 aliphatic heterocycles. The summed E-state index contributed by atoms with van der Waals surface area (Å²) in [5, 5.41) is 17.9. The number of hydrogen-bond acceptors (Lipinski definition) is 8. The van der Waals surface area contributed by atoms with E-state index in [2.05, 4.69) is 26.2 Å². The van der Waals surface area contributed by atoms with E-state index >= 15 is 0 Å². The van der Waals surface area contributed by atoms with Gasteiger partial charge in [-0.15, -0.1) is 0 Å². The number of anilines is 2. The van der Waals surface area contributed by atoms with Crippen molar-refractivity contribution in [3.63, 3.8) is 0 Å². The molecule has 3 aromatic rings. The summed E-state index contributed by atoms with van der Waals surface area (Å²) in [7, 11) is 4.70. The number of nitrogens with zero attached hydrogens (tertiary/aromatic N) is 4. The van der Waals surface area contributed by atoms with E-state index in [9.17, 15) is 4.79 Å². The molecule has 10 nitrogen and oxygen atoms in total. The maximum Gasteiger partial charge on any atom is 0.255 e. The van der Waals surface area contributed by atoms with Crippen LogP contribution in [0.25, 0.3) is 0 Å². The van der Waals surface area contributed by atoms with Gasteiger partial charge in [-0.05, 0) is 47.2 Å². The number of ether oxygens (including phenoxy) is 3. The van der Waals surface area contributed by atoms with Crippen molar-refractivity contribution < 1.29 is 19.0 Å². The molecule has 160 valence electrons. The minimum atomic E-state index is -0.526. The van der Waals surface area contributed by atoms with Crippen LogP contribution in [0.15, 0.2) is 53.7 Å². The van der Waals surface area contributed by atoms with Crippen LogP contribution in [0.3, 0.4) is 0 Å². The number of aromatic nitrogens is 4. The number of rotatable bonds is 6. The lowest BCUT2D eigenvalue weighted by Gasteiger charge is -2.28. The van der Waals surface area contributed by atoms with Crippen molar-refractivity contribution in [3.05, 3.63) is 59.3 Å². The van der Waals surface area contributed by atoms with Crippen molar-refractivity contribution in [1.82, 2.24) is 20.2 Å². The maximum atomic E-state index is 13.4. The standard InChI is InChI=1S/C21H22N6O4/c1-12-18(20(28)23-16-10-9-15(30-3)11-17(16)31-4)19(27-21(22-12)24-25-26-27)13-5-7-14(29-2)8-6-13/h5-11,19H,1-4H3,(H,23,28)(H,22,24,26)/t19-/m0/s1. The number of allylic oxidation sites excluding steroid dienone is 1. The molecule has 0 radical (unpaired) electrons. The average molecular weight is 422 g/mol. The van der Waals surface area contributed by atoms with Gasteiger partial charge in [0.25, 0.3) is 5.91 Å². The van der Waals surface area contributed by atoms with Crippen LogP contribution in [0.4, 0.5) is 11.6 Å². The molecule has 2 heterocycles. The van der Waals surface area contributed by atoms with Gasteiger partial charge in [0.1, 0.15) is 23.3 Å². The van der Waals surface area contributed by atoms with Gasteiger partial charge in [0, 0.05) is 11.8 Å². The van der Waals surface area contributed by atoms with Gasteiger partial charge in [-0.2, -0.15) is 4.68 Å². The Morgan fingerprint density at radius 2 is 1.74 bits per heavy atom. The minimum absolute atomic E-state index is 0.310. The summed E-state index contributed by atoms with van der Waals surface area (Å²) in [4.78, 5) is 13.4. The molecule has 4 rings (SSSR count). The van der Waals surface area contributed by atoms with Crippen LogP contribution in [0.1, 0.15) is 18.5 Å². The lowest BCUT2D eigenvalue weighted by molar-refractivity contribution is -0.113. The summed E-state index contributed by atoms with van der Waals surface area (Å²) >= 11 is 0. The van der Waals surface area contributed by atoms with Gasteiger partial charge in [-0.25, -0.2) is 0 Å². The van der Waals surface area contributed by atoms with E-state index in [1.165, 1.54) is 7.11 Å². The first-order valence-electron chi connectivity index (χ1n) is 9.48. The van der Waals surface area contributed by atoms with Crippen LogP contribution in [0.2, 0.25) is 0 Å². The Morgan fingerprint density at radius 1 is 1.03 bits per heavy atom. The third-order valence-corrected chi connectivity index (χ3v) is 5.05. The van der Waals surface area contributed by atoms with Gasteiger partial charge >= 0.3 is 0 Å². The van der Waals surface area contributed by atoms with Gasteiger partial charge in [0.2, 0.25) is 5.95 Å². The average Bonchev–Trinajstić information content (AvgIpc) is 3.26. The largest absolute Gasteiger partial charge is 0.497 e. The number of hydrogen-bond donors (Lipinski definition) is 2. The first-order chi connectivity index (χ1) is 15.0. The quantitative estimate of drug-likeness (QED) is 0.623. The van der Waals surface area contributed by atoms with Crippen LogP contribution in [-0.2, 0) is 4.79 Å². The van der Waals surface area contributed by atoms with Gasteiger partial charge in [0.15, 0.2) is 0 Å². The predicted octanol–water partition coefficient (Wildman–Crippen LogP) is 2.63. The number of tetrazole rings is 1. The molecule has 10 heteroatoms. The summed E-state index contributed by atoms with van der Waals surface area (Å²) < 4.78 is 17.5. The van der Waals surface area contributed by atoms with E-state index in [0.717, 1.165) is 5.56 Å². The number of nitrogens with one attached hydrogen (secondary N) is 2. The monoisotopic (exact) mass is 422 g/mol. The molecule has 2 N–H and O–H groups in total. The Bertz CT molecular complexity index is 1140. The molecule has 0 saturated heterocycles. The Kier molecular flexibility index (Phi) is 5.44. The normalized spacial score (nSPS) is 15.0. The van der Waals surface area contributed by atoms with Crippen molar-refractivity contribution in [1.29, 1.82) is 0 Å². The first-order valence-corrected chi connectivity index (χ1v) is 9.48. The molecular formula is C21H22N6O4. The molecule has 0 spiro atoms. The fourth-order valence-corrected chi connectivity index (χ4v) is 3.49. The molecule has 1 amide bonds. The molecular weight excluding hydrogens is 400 g/mol. The summed E-state index contributed by atoms with van der Waals surface area (Å²) in [6, 6.07) is 12.1. The minimum Gasteiger partial charge on any atom is -0.497 e. The highest BCUT2D eigenvalue weighted by atomic mass is 16.5. The summed E-state index contributed by atoms with van der Waals surface area (Å²) in [6.45, 7) is 1.81. The molecule has 1 atom stereocenters. The lowest BCUT2D eigenvalue weighted by Crippen LogP contribution is -2.31. The molecule has 0 unspecified atom stereocenters. The lowest BCUT2D eigenvalue weighted by atomic mass is 9.95. The zero-order valence-corrected chi connectivity index (χ0v) is 17.5. The van der Waals surface area contributed by atoms with Gasteiger partial charge in [-0.3, -0.25) is 4.79 Å². The van der Waals surface area contributed by atoms with Crippen molar-refractivity contribution in [2.45, 2.75) is 13.0 Å². The SMILES string of the molecule is COc1ccc([C@H]2C(C(=O)Nc3ccc(OC)cc3OC)=C(C)Nc3nnnn32)cc1. The molecule has 0 fully saturated rings. The highest BCUT2D eigenvalue weighted by Crippen LogP contribution is 2.36. The van der Waals surface area contributed by atoms with Gasteiger partial charge in [0.05, 0.1) is 32.6 Å². The number of benzene rings is 2. The second-order valence-corrected chi connectivity index (χ2v) is 6.81. The molecule has 2 aromatic carbocycles. The van der Waals surface area contributed by atoms with Crippen LogP contribution in [0, 0.1) is 0 Å². The number of fused-ring (bicyclic) bond motifs is 1. The topological polar surface area (TPSA) is 112 Å². The van der Waals surface area contributed by atoms with Crippen molar-refractivity contribution in [2.24, 2.45) is 0 Å². The molecule has 0 saturated carbocycles. The zero-order valence-electron chi connectivity index (χ0n) is 17.5. The second-order valence-electron chi connectivity index (χ2n) is 6.81. The number of methoxy groups -OCH3 is 3. The number of amides is 1. The maximum absolute atomic E-state index is 13.4. The third-order valence-electron chi connectivity index (χ3n) is 5.05. The molecule has 0 aliphatic carbocycles. The summed E-state index contributed by atoms with van der Waals surface area (Å²) in [5.74, 6) is 1.97. The van der Waals surface area contributed by atoms with Crippen LogP contribution < -0.4 is 24.8 Å². The predicted molar refractivity (Wildman–Crippen MR) is 113 cm³/mol. The van der Waals surface area contributed by atoms with E-state index in [1.54, 1.807) is 37.1 Å². The van der Waals surface area contributed by atoms with Gasteiger partial charge in [-0.1, -0.05) is 17.2 Å². The molecule has 31 heavy (non-hydrogen) atoms. The molecule has 1 aromatic heterocycles.